The number of aryl methyl sites for hydroxylation is 1. The first-order valence-electron chi connectivity index (χ1n) is 8.55. The van der Waals surface area contributed by atoms with E-state index in [4.69, 9.17) is 4.99 Å². The maximum Gasteiger partial charge on any atom is 0.194 e. The number of unbranched alkanes of at least 4 members (excludes halogenated alkanes) is 2. The first kappa shape index (κ1) is 20.2. The lowest BCUT2D eigenvalue weighted by molar-refractivity contribution is 0.188. The van der Waals surface area contributed by atoms with Crippen LogP contribution in [0.2, 0.25) is 0 Å². The SMILES string of the molecule is CCNC(=NCCCCCc1ccccc1)N1CC[C@@H](O)C1.I. The van der Waals surface area contributed by atoms with Gasteiger partial charge in [-0.3, -0.25) is 4.99 Å². The molecule has 0 radical (unpaired) electrons. The summed E-state index contributed by atoms with van der Waals surface area (Å²) in [5.41, 5.74) is 1.42. The van der Waals surface area contributed by atoms with E-state index in [1.54, 1.807) is 0 Å². The van der Waals surface area contributed by atoms with Crippen molar-refractivity contribution >= 4 is 29.9 Å². The zero-order valence-electron chi connectivity index (χ0n) is 14.1. The molecule has 0 aliphatic carbocycles. The van der Waals surface area contributed by atoms with E-state index in [1.165, 1.54) is 18.4 Å². The number of aliphatic hydroxyl groups is 1. The molecule has 2 rings (SSSR count). The molecule has 0 amide bonds. The van der Waals surface area contributed by atoms with Gasteiger partial charge in [-0.05, 0) is 38.2 Å². The predicted molar refractivity (Wildman–Crippen MR) is 108 cm³/mol. The Morgan fingerprint density at radius 2 is 2.04 bits per heavy atom. The molecule has 1 saturated heterocycles. The van der Waals surface area contributed by atoms with Crippen molar-refractivity contribution in [1.29, 1.82) is 0 Å². The summed E-state index contributed by atoms with van der Waals surface area (Å²) in [5, 5.41) is 13.0. The van der Waals surface area contributed by atoms with Crippen molar-refractivity contribution in [2.75, 3.05) is 26.2 Å². The van der Waals surface area contributed by atoms with Gasteiger partial charge in [0.1, 0.15) is 0 Å². The zero-order chi connectivity index (χ0) is 15.6. The standard InChI is InChI=1S/C18H29N3O.HI/c1-2-19-18(21-14-12-17(22)15-21)20-13-8-4-7-11-16-9-5-3-6-10-16;/h3,5-6,9-10,17,22H,2,4,7-8,11-15H2,1H3,(H,19,20);1H/t17-;/m1./s1. The van der Waals surface area contributed by atoms with Gasteiger partial charge in [0, 0.05) is 26.2 Å². The molecule has 1 aliphatic heterocycles. The van der Waals surface area contributed by atoms with Gasteiger partial charge in [-0.15, -0.1) is 24.0 Å². The van der Waals surface area contributed by atoms with Crippen LogP contribution in [0, 0.1) is 0 Å². The number of rotatable bonds is 7. The molecular formula is C18H30IN3O. The third kappa shape index (κ3) is 7.52. The molecule has 23 heavy (non-hydrogen) atoms. The lowest BCUT2D eigenvalue weighted by Crippen LogP contribution is -2.40. The van der Waals surface area contributed by atoms with Crippen LogP contribution in [0.3, 0.4) is 0 Å². The average Bonchev–Trinajstić information content (AvgIpc) is 2.97. The van der Waals surface area contributed by atoms with Gasteiger partial charge >= 0.3 is 0 Å². The van der Waals surface area contributed by atoms with Gasteiger partial charge in [0.25, 0.3) is 0 Å². The first-order chi connectivity index (χ1) is 10.8. The fourth-order valence-corrected chi connectivity index (χ4v) is 2.81. The minimum absolute atomic E-state index is 0. The normalized spacial score (nSPS) is 17.9. The molecule has 2 N–H and O–H groups in total. The number of nitrogens with zero attached hydrogens (tertiary/aromatic N) is 2. The molecule has 0 aromatic heterocycles. The summed E-state index contributed by atoms with van der Waals surface area (Å²) in [4.78, 5) is 6.86. The third-order valence-corrected chi connectivity index (χ3v) is 4.03. The Labute approximate surface area is 157 Å². The van der Waals surface area contributed by atoms with Crippen LogP contribution in [0.15, 0.2) is 35.3 Å². The highest BCUT2D eigenvalue weighted by Gasteiger charge is 2.22. The Balaban J connectivity index is 0.00000264. The number of β-amino-alcohol motifs (C(OH)–C–C–N with tert-alkyl or cyclic N) is 1. The van der Waals surface area contributed by atoms with Crippen molar-refractivity contribution < 1.29 is 5.11 Å². The van der Waals surface area contributed by atoms with Gasteiger partial charge in [0.15, 0.2) is 5.96 Å². The number of likely N-dealkylation sites (tertiary alicyclic amines) is 1. The highest BCUT2D eigenvalue weighted by molar-refractivity contribution is 14.0. The van der Waals surface area contributed by atoms with Crippen LogP contribution < -0.4 is 5.32 Å². The number of nitrogens with one attached hydrogen (secondary N) is 1. The second-order valence-corrected chi connectivity index (χ2v) is 5.92. The molecule has 0 saturated carbocycles. The van der Waals surface area contributed by atoms with Crippen LogP contribution >= 0.6 is 24.0 Å². The van der Waals surface area contributed by atoms with Gasteiger partial charge in [-0.1, -0.05) is 36.8 Å². The third-order valence-electron chi connectivity index (χ3n) is 4.03. The second-order valence-electron chi connectivity index (χ2n) is 5.92. The fourth-order valence-electron chi connectivity index (χ4n) is 2.81. The van der Waals surface area contributed by atoms with Crippen molar-refractivity contribution in [2.45, 2.75) is 45.1 Å². The number of aliphatic imine (C=N–C) groups is 1. The summed E-state index contributed by atoms with van der Waals surface area (Å²) < 4.78 is 0. The second kappa shape index (κ2) is 11.7. The topological polar surface area (TPSA) is 47.9 Å². The van der Waals surface area contributed by atoms with E-state index in [0.717, 1.165) is 44.9 Å². The summed E-state index contributed by atoms with van der Waals surface area (Å²) >= 11 is 0. The Kier molecular flexibility index (Phi) is 10.3. The minimum Gasteiger partial charge on any atom is -0.391 e. The van der Waals surface area contributed by atoms with Crippen LogP contribution in [-0.4, -0.2) is 48.2 Å². The van der Waals surface area contributed by atoms with Gasteiger partial charge < -0.3 is 15.3 Å². The summed E-state index contributed by atoms with van der Waals surface area (Å²) in [5.74, 6) is 0.960. The maximum atomic E-state index is 9.64. The van der Waals surface area contributed by atoms with Crippen molar-refractivity contribution in [3.05, 3.63) is 35.9 Å². The summed E-state index contributed by atoms with van der Waals surface area (Å²) in [6, 6.07) is 10.7. The Morgan fingerprint density at radius 1 is 1.26 bits per heavy atom. The number of benzene rings is 1. The first-order valence-corrected chi connectivity index (χ1v) is 8.55. The van der Waals surface area contributed by atoms with E-state index in [0.29, 0.717) is 6.54 Å². The largest absolute Gasteiger partial charge is 0.391 e. The molecular weight excluding hydrogens is 401 g/mol. The quantitative estimate of drug-likeness (QED) is 0.302. The molecule has 5 heteroatoms. The number of halogens is 1. The van der Waals surface area contributed by atoms with Gasteiger partial charge in [0.2, 0.25) is 0 Å². The van der Waals surface area contributed by atoms with E-state index in [9.17, 15) is 5.11 Å². The molecule has 1 atom stereocenters. The Bertz CT molecular complexity index is 453. The molecule has 1 aromatic carbocycles. The molecule has 0 spiro atoms. The molecule has 1 aliphatic rings. The summed E-state index contributed by atoms with van der Waals surface area (Å²) in [6.45, 7) is 5.44. The van der Waals surface area contributed by atoms with E-state index in [2.05, 4.69) is 47.5 Å². The van der Waals surface area contributed by atoms with Crippen LogP contribution in [0.25, 0.3) is 0 Å². The molecule has 0 bridgehead atoms. The lowest BCUT2D eigenvalue weighted by Gasteiger charge is -2.20. The van der Waals surface area contributed by atoms with Crippen molar-refractivity contribution in [1.82, 2.24) is 10.2 Å². The molecule has 130 valence electrons. The number of hydrogen-bond acceptors (Lipinski definition) is 2. The van der Waals surface area contributed by atoms with Gasteiger partial charge in [-0.25, -0.2) is 0 Å². The number of guanidine groups is 1. The average molecular weight is 431 g/mol. The Hall–Kier alpha value is -0.820. The number of hydrogen-bond donors (Lipinski definition) is 2. The lowest BCUT2D eigenvalue weighted by atomic mass is 10.1. The molecule has 1 fully saturated rings. The van der Waals surface area contributed by atoms with E-state index in [-0.39, 0.29) is 30.1 Å². The van der Waals surface area contributed by atoms with Crippen LogP contribution in [0.5, 0.6) is 0 Å². The summed E-state index contributed by atoms with van der Waals surface area (Å²) in [6.07, 6.45) is 5.36. The molecule has 1 aromatic rings. The van der Waals surface area contributed by atoms with Gasteiger partial charge in [0.05, 0.1) is 6.10 Å². The van der Waals surface area contributed by atoms with Crippen molar-refractivity contribution in [3.8, 4) is 0 Å². The minimum atomic E-state index is -0.199. The monoisotopic (exact) mass is 431 g/mol. The zero-order valence-corrected chi connectivity index (χ0v) is 16.4. The van der Waals surface area contributed by atoms with Crippen LogP contribution in [0.4, 0.5) is 0 Å². The van der Waals surface area contributed by atoms with Gasteiger partial charge in [-0.2, -0.15) is 0 Å². The molecule has 4 nitrogen and oxygen atoms in total. The maximum absolute atomic E-state index is 9.64. The van der Waals surface area contributed by atoms with Crippen molar-refractivity contribution in [2.24, 2.45) is 4.99 Å². The molecule has 1 heterocycles. The number of aliphatic hydroxyl groups excluding tert-OH is 1. The smallest absolute Gasteiger partial charge is 0.194 e. The highest BCUT2D eigenvalue weighted by atomic mass is 127. The van der Waals surface area contributed by atoms with E-state index in [1.807, 2.05) is 0 Å². The van der Waals surface area contributed by atoms with Crippen LogP contribution in [-0.2, 0) is 6.42 Å². The predicted octanol–water partition coefficient (Wildman–Crippen LogP) is 3.05. The van der Waals surface area contributed by atoms with E-state index >= 15 is 0 Å². The van der Waals surface area contributed by atoms with Crippen molar-refractivity contribution in [3.63, 3.8) is 0 Å². The van der Waals surface area contributed by atoms with E-state index < -0.39 is 0 Å². The summed E-state index contributed by atoms with van der Waals surface area (Å²) in [7, 11) is 0. The van der Waals surface area contributed by atoms with Crippen LogP contribution in [0.1, 0.15) is 38.2 Å². The fraction of sp³-hybridized carbons (Fsp3) is 0.611. The highest BCUT2D eigenvalue weighted by Crippen LogP contribution is 2.09. The molecule has 0 unspecified atom stereocenters. The Morgan fingerprint density at radius 3 is 2.70 bits per heavy atom.